The largest absolute Gasteiger partial charge is 0.398 e. The lowest BCUT2D eigenvalue weighted by Crippen LogP contribution is -2.42. The topological polar surface area (TPSA) is 75.3 Å². The second kappa shape index (κ2) is 5.87. The van der Waals surface area contributed by atoms with Crippen LogP contribution >= 0.6 is 0 Å². The quantitative estimate of drug-likeness (QED) is 0.698. The molecule has 1 amide bonds. The molecule has 1 aromatic rings. The number of benzene rings is 1. The highest BCUT2D eigenvalue weighted by molar-refractivity contribution is 5.96. The highest BCUT2D eigenvalue weighted by Gasteiger charge is 2.23. The Hall–Kier alpha value is -1.55. The summed E-state index contributed by atoms with van der Waals surface area (Å²) >= 11 is 0. The molecule has 0 saturated carbocycles. The number of carbonyl (C=O) groups is 1. The van der Waals surface area contributed by atoms with Crippen LogP contribution in [0.2, 0.25) is 0 Å². The van der Waals surface area contributed by atoms with E-state index in [0.29, 0.717) is 24.1 Å². The minimum absolute atomic E-state index is 0.194. The van der Waals surface area contributed by atoms with Gasteiger partial charge in [-0.2, -0.15) is 0 Å². The summed E-state index contributed by atoms with van der Waals surface area (Å²) in [5.41, 5.74) is 6.86. The van der Waals surface area contributed by atoms with E-state index in [0.717, 1.165) is 5.56 Å². The van der Waals surface area contributed by atoms with E-state index in [1.54, 1.807) is 18.2 Å². The SMILES string of the molecule is CCC(O)(CC)CNC(=O)c1cccc(N)c1C. The molecule has 0 atom stereocenters. The zero-order valence-corrected chi connectivity index (χ0v) is 11.3. The molecule has 4 N–H and O–H groups in total. The number of amides is 1. The second-order valence-electron chi connectivity index (χ2n) is 4.63. The molecule has 0 radical (unpaired) electrons. The van der Waals surface area contributed by atoms with Crippen molar-refractivity contribution in [2.75, 3.05) is 12.3 Å². The summed E-state index contributed by atoms with van der Waals surface area (Å²) < 4.78 is 0. The van der Waals surface area contributed by atoms with Gasteiger partial charge >= 0.3 is 0 Å². The van der Waals surface area contributed by atoms with Crippen LogP contribution in [0.1, 0.15) is 42.6 Å². The molecule has 0 heterocycles. The Bertz CT molecular complexity index is 426. The second-order valence-corrected chi connectivity index (χ2v) is 4.63. The van der Waals surface area contributed by atoms with Gasteiger partial charge in [0.05, 0.1) is 5.60 Å². The van der Waals surface area contributed by atoms with E-state index in [2.05, 4.69) is 5.32 Å². The summed E-state index contributed by atoms with van der Waals surface area (Å²) in [5, 5.41) is 12.9. The molecule has 18 heavy (non-hydrogen) atoms. The molecule has 0 bridgehead atoms. The lowest BCUT2D eigenvalue weighted by molar-refractivity contribution is 0.0314. The molecule has 0 saturated heterocycles. The Morgan fingerprint density at radius 2 is 2.00 bits per heavy atom. The number of rotatable bonds is 5. The summed E-state index contributed by atoms with van der Waals surface area (Å²) in [6.07, 6.45) is 1.22. The molecule has 0 aromatic heterocycles. The van der Waals surface area contributed by atoms with Crippen LogP contribution < -0.4 is 11.1 Å². The van der Waals surface area contributed by atoms with Gasteiger partial charge in [-0.15, -0.1) is 0 Å². The van der Waals surface area contributed by atoms with E-state index < -0.39 is 5.60 Å². The Morgan fingerprint density at radius 3 is 2.56 bits per heavy atom. The third kappa shape index (κ3) is 3.23. The maximum atomic E-state index is 12.0. The van der Waals surface area contributed by atoms with E-state index in [1.807, 2.05) is 20.8 Å². The Kier molecular flexibility index (Phi) is 4.73. The maximum Gasteiger partial charge on any atom is 0.251 e. The summed E-state index contributed by atoms with van der Waals surface area (Å²) in [6.45, 7) is 5.88. The standard InChI is InChI=1S/C14H22N2O2/c1-4-14(18,5-2)9-16-13(17)11-7-6-8-12(15)10(11)3/h6-8,18H,4-5,9,15H2,1-3H3,(H,16,17). The molecule has 0 aliphatic rings. The molecule has 0 spiro atoms. The molecule has 0 aliphatic carbocycles. The molecule has 0 unspecified atom stereocenters. The number of anilines is 1. The van der Waals surface area contributed by atoms with Crippen LogP contribution in [-0.4, -0.2) is 23.2 Å². The van der Waals surface area contributed by atoms with Gasteiger partial charge in [0.2, 0.25) is 0 Å². The number of carbonyl (C=O) groups excluding carboxylic acids is 1. The third-order valence-corrected chi connectivity index (χ3v) is 3.51. The summed E-state index contributed by atoms with van der Waals surface area (Å²) in [7, 11) is 0. The molecule has 100 valence electrons. The molecule has 4 nitrogen and oxygen atoms in total. The van der Waals surface area contributed by atoms with Gasteiger partial charge in [-0.05, 0) is 37.5 Å². The van der Waals surface area contributed by atoms with Crippen molar-refractivity contribution >= 4 is 11.6 Å². The fourth-order valence-corrected chi connectivity index (χ4v) is 1.74. The average molecular weight is 250 g/mol. The number of nitrogens with two attached hydrogens (primary N) is 1. The van der Waals surface area contributed by atoms with E-state index in [-0.39, 0.29) is 12.5 Å². The van der Waals surface area contributed by atoms with Gasteiger partial charge in [-0.25, -0.2) is 0 Å². The first-order chi connectivity index (χ1) is 8.43. The molecular formula is C14H22N2O2. The highest BCUT2D eigenvalue weighted by Crippen LogP contribution is 2.17. The molecule has 0 fully saturated rings. The van der Waals surface area contributed by atoms with Crippen molar-refractivity contribution in [1.29, 1.82) is 0 Å². The van der Waals surface area contributed by atoms with Crippen molar-refractivity contribution in [2.24, 2.45) is 0 Å². The molecule has 4 heteroatoms. The van der Waals surface area contributed by atoms with Gasteiger partial charge in [0.25, 0.3) is 5.91 Å². The van der Waals surface area contributed by atoms with Crippen LogP contribution in [0.15, 0.2) is 18.2 Å². The number of hydrogen-bond donors (Lipinski definition) is 3. The molecule has 1 rings (SSSR count). The average Bonchev–Trinajstić information content (AvgIpc) is 2.39. The van der Waals surface area contributed by atoms with Crippen LogP contribution in [0, 0.1) is 6.92 Å². The zero-order valence-electron chi connectivity index (χ0n) is 11.3. The first kappa shape index (κ1) is 14.5. The van der Waals surface area contributed by atoms with Crippen molar-refractivity contribution in [1.82, 2.24) is 5.32 Å². The van der Waals surface area contributed by atoms with Gasteiger partial charge in [-0.3, -0.25) is 4.79 Å². The molecule has 0 aliphatic heterocycles. The van der Waals surface area contributed by atoms with Crippen molar-refractivity contribution in [3.63, 3.8) is 0 Å². The summed E-state index contributed by atoms with van der Waals surface area (Å²) in [5.74, 6) is -0.194. The van der Waals surface area contributed by atoms with Crippen molar-refractivity contribution in [2.45, 2.75) is 39.2 Å². The predicted molar refractivity (Wildman–Crippen MR) is 73.5 cm³/mol. The summed E-state index contributed by atoms with van der Waals surface area (Å²) in [6, 6.07) is 5.25. The van der Waals surface area contributed by atoms with Gasteiger partial charge < -0.3 is 16.2 Å². The molecule has 1 aromatic carbocycles. The van der Waals surface area contributed by atoms with Crippen LogP contribution in [0.3, 0.4) is 0 Å². The number of hydrogen-bond acceptors (Lipinski definition) is 3. The van der Waals surface area contributed by atoms with Crippen molar-refractivity contribution in [3.8, 4) is 0 Å². The lowest BCUT2D eigenvalue weighted by Gasteiger charge is -2.25. The smallest absolute Gasteiger partial charge is 0.251 e. The maximum absolute atomic E-state index is 12.0. The van der Waals surface area contributed by atoms with Crippen LogP contribution in [0.5, 0.6) is 0 Å². The normalized spacial score (nSPS) is 11.3. The fourth-order valence-electron chi connectivity index (χ4n) is 1.74. The number of nitrogen functional groups attached to an aromatic ring is 1. The summed E-state index contributed by atoms with van der Waals surface area (Å²) in [4.78, 5) is 12.0. The van der Waals surface area contributed by atoms with E-state index in [1.165, 1.54) is 0 Å². The van der Waals surface area contributed by atoms with Gasteiger partial charge in [-0.1, -0.05) is 19.9 Å². The lowest BCUT2D eigenvalue weighted by atomic mass is 9.97. The van der Waals surface area contributed by atoms with Crippen LogP contribution in [0.25, 0.3) is 0 Å². The highest BCUT2D eigenvalue weighted by atomic mass is 16.3. The fraction of sp³-hybridized carbons (Fsp3) is 0.500. The van der Waals surface area contributed by atoms with Crippen LogP contribution in [-0.2, 0) is 0 Å². The zero-order chi connectivity index (χ0) is 13.8. The first-order valence-corrected chi connectivity index (χ1v) is 6.29. The predicted octanol–water partition coefficient (Wildman–Crippen LogP) is 1.86. The minimum atomic E-state index is -0.829. The third-order valence-electron chi connectivity index (χ3n) is 3.51. The Balaban J connectivity index is 2.75. The number of aliphatic hydroxyl groups is 1. The van der Waals surface area contributed by atoms with E-state index in [4.69, 9.17) is 5.73 Å². The van der Waals surface area contributed by atoms with Crippen molar-refractivity contribution < 1.29 is 9.90 Å². The Morgan fingerprint density at radius 1 is 1.39 bits per heavy atom. The van der Waals surface area contributed by atoms with Crippen molar-refractivity contribution in [3.05, 3.63) is 29.3 Å². The minimum Gasteiger partial charge on any atom is -0.398 e. The van der Waals surface area contributed by atoms with E-state index >= 15 is 0 Å². The van der Waals surface area contributed by atoms with Crippen LogP contribution in [0.4, 0.5) is 5.69 Å². The molecular weight excluding hydrogens is 228 g/mol. The van der Waals surface area contributed by atoms with E-state index in [9.17, 15) is 9.90 Å². The van der Waals surface area contributed by atoms with Gasteiger partial charge in [0.15, 0.2) is 0 Å². The van der Waals surface area contributed by atoms with Gasteiger partial charge in [0, 0.05) is 17.8 Å². The van der Waals surface area contributed by atoms with Gasteiger partial charge in [0.1, 0.15) is 0 Å². The monoisotopic (exact) mass is 250 g/mol. The number of nitrogens with one attached hydrogen (secondary N) is 1. The Labute approximate surface area is 108 Å². The first-order valence-electron chi connectivity index (χ1n) is 6.29.